The molecule has 4 rings (SSSR count). The largest absolute Gasteiger partial charge is 0.326 e. The van der Waals surface area contributed by atoms with Crippen LogP contribution in [0.3, 0.4) is 0 Å². The average Bonchev–Trinajstić information content (AvgIpc) is 3.30. The Balaban J connectivity index is 1.48. The first-order valence-electron chi connectivity index (χ1n) is 10.1. The number of anilines is 2. The second kappa shape index (κ2) is 10.5. The van der Waals surface area contributed by atoms with Gasteiger partial charge in [0.1, 0.15) is 16.9 Å². The standard InChI is InChI=1S/C24H20FN5O2S/c25-18-13-7-8-14-19(18)26-23(32)27-20(15-16-9-3-1-4-10-16)21(31)28-24-30-29-22(33-24)17-11-5-2-6-12-17/h1-14,20H,15H2,(H2,26,27,32)(H,28,30,31). The van der Waals surface area contributed by atoms with Gasteiger partial charge in [-0.1, -0.05) is 84.1 Å². The Kier molecular flexibility index (Phi) is 7.01. The first kappa shape index (κ1) is 22.1. The van der Waals surface area contributed by atoms with Gasteiger partial charge in [-0.05, 0) is 17.7 Å². The monoisotopic (exact) mass is 461 g/mol. The predicted octanol–water partition coefficient (Wildman–Crippen LogP) is 4.72. The Morgan fingerprint density at radius 3 is 2.24 bits per heavy atom. The summed E-state index contributed by atoms with van der Waals surface area (Å²) >= 11 is 1.23. The lowest BCUT2D eigenvalue weighted by Gasteiger charge is -2.18. The van der Waals surface area contributed by atoms with Crippen LogP contribution in [0.4, 0.5) is 20.0 Å². The van der Waals surface area contributed by atoms with Crippen LogP contribution in [0.25, 0.3) is 10.6 Å². The molecule has 1 aromatic heterocycles. The maximum atomic E-state index is 13.9. The van der Waals surface area contributed by atoms with Gasteiger partial charge in [0.25, 0.3) is 0 Å². The number of amides is 3. The lowest BCUT2D eigenvalue weighted by molar-refractivity contribution is -0.117. The van der Waals surface area contributed by atoms with E-state index in [1.165, 1.54) is 29.5 Å². The highest BCUT2D eigenvalue weighted by atomic mass is 32.1. The van der Waals surface area contributed by atoms with Crippen LogP contribution in [0.15, 0.2) is 84.9 Å². The number of hydrogen-bond donors (Lipinski definition) is 3. The van der Waals surface area contributed by atoms with Crippen molar-refractivity contribution in [1.82, 2.24) is 15.5 Å². The van der Waals surface area contributed by atoms with E-state index in [2.05, 4.69) is 26.1 Å². The molecule has 0 radical (unpaired) electrons. The maximum Gasteiger partial charge on any atom is 0.319 e. The van der Waals surface area contributed by atoms with Gasteiger partial charge in [0.05, 0.1) is 5.69 Å². The molecule has 166 valence electrons. The summed E-state index contributed by atoms with van der Waals surface area (Å²) in [6.45, 7) is 0. The Hall–Kier alpha value is -4.11. The predicted molar refractivity (Wildman–Crippen MR) is 126 cm³/mol. The fourth-order valence-electron chi connectivity index (χ4n) is 3.10. The van der Waals surface area contributed by atoms with E-state index < -0.39 is 23.8 Å². The molecule has 0 aliphatic rings. The molecule has 0 spiro atoms. The van der Waals surface area contributed by atoms with Crippen molar-refractivity contribution in [3.63, 3.8) is 0 Å². The van der Waals surface area contributed by atoms with Crippen molar-refractivity contribution >= 4 is 34.1 Å². The minimum absolute atomic E-state index is 0.0190. The van der Waals surface area contributed by atoms with Crippen LogP contribution in [0.2, 0.25) is 0 Å². The van der Waals surface area contributed by atoms with Gasteiger partial charge in [0, 0.05) is 12.0 Å². The molecule has 0 aliphatic carbocycles. The highest BCUT2D eigenvalue weighted by Crippen LogP contribution is 2.26. The van der Waals surface area contributed by atoms with Gasteiger partial charge in [-0.3, -0.25) is 10.1 Å². The van der Waals surface area contributed by atoms with Crippen LogP contribution >= 0.6 is 11.3 Å². The third kappa shape index (κ3) is 5.98. The highest BCUT2D eigenvalue weighted by molar-refractivity contribution is 7.18. The van der Waals surface area contributed by atoms with E-state index in [-0.39, 0.29) is 12.1 Å². The fraction of sp³-hybridized carbons (Fsp3) is 0.0833. The zero-order valence-corrected chi connectivity index (χ0v) is 18.2. The molecule has 0 saturated carbocycles. The van der Waals surface area contributed by atoms with E-state index in [1.807, 2.05) is 60.7 Å². The number of halogens is 1. The van der Waals surface area contributed by atoms with Crippen molar-refractivity contribution in [1.29, 1.82) is 0 Å². The van der Waals surface area contributed by atoms with Crippen LogP contribution in [0, 0.1) is 5.82 Å². The summed E-state index contributed by atoms with van der Waals surface area (Å²) in [5.41, 5.74) is 1.76. The zero-order valence-electron chi connectivity index (χ0n) is 17.4. The molecule has 4 aromatic rings. The van der Waals surface area contributed by atoms with E-state index in [9.17, 15) is 14.0 Å². The van der Waals surface area contributed by atoms with Crippen LogP contribution in [0.5, 0.6) is 0 Å². The number of benzene rings is 3. The number of hydrogen-bond acceptors (Lipinski definition) is 5. The molecule has 1 atom stereocenters. The average molecular weight is 462 g/mol. The number of rotatable bonds is 7. The van der Waals surface area contributed by atoms with Gasteiger partial charge in [0.15, 0.2) is 0 Å². The molecule has 3 N–H and O–H groups in total. The number of para-hydroxylation sites is 1. The van der Waals surface area contributed by atoms with E-state index >= 15 is 0 Å². The Morgan fingerprint density at radius 1 is 0.848 bits per heavy atom. The van der Waals surface area contributed by atoms with E-state index in [0.29, 0.717) is 10.1 Å². The summed E-state index contributed by atoms with van der Waals surface area (Å²) in [5, 5.41) is 16.9. The number of nitrogens with zero attached hydrogens (tertiary/aromatic N) is 2. The third-order valence-electron chi connectivity index (χ3n) is 4.70. The summed E-state index contributed by atoms with van der Waals surface area (Å²) in [7, 11) is 0. The summed E-state index contributed by atoms with van der Waals surface area (Å²) in [6, 6.07) is 22.9. The summed E-state index contributed by atoms with van der Waals surface area (Å²) in [6.07, 6.45) is 0.238. The van der Waals surface area contributed by atoms with Crippen LogP contribution in [-0.4, -0.2) is 28.2 Å². The first-order valence-corrected chi connectivity index (χ1v) is 11.0. The topological polar surface area (TPSA) is 96.0 Å². The number of aromatic nitrogens is 2. The van der Waals surface area contributed by atoms with Gasteiger partial charge < -0.3 is 10.6 Å². The van der Waals surface area contributed by atoms with Crippen LogP contribution in [-0.2, 0) is 11.2 Å². The SMILES string of the molecule is O=C(Nc1ccccc1F)NC(Cc1ccccc1)C(=O)Nc1nnc(-c2ccccc2)s1. The zero-order chi connectivity index (χ0) is 23.0. The van der Waals surface area contributed by atoms with Gasteiger partial charge in [-0.15, -0.1) is 10.2 Å². The van der Waals surface area contributed by atoms with Gasteiger partial charge >= 0.3 is 6.03 Å². The first-order chi connectivity index (χ1) is 16.1. The Morgan fingerprint density at radius 2 is 1.52 bits per heavy atom. The van der Waals surface area contributed by atoms with Crippen molar-refractivity contribution in [2.45, 2.75) is 12.5 Å². The molecular weight excluding hydrogens is 441 g/mol. The maximum absolute atomic E-state index is 13.9. The molecule has 0 bridgehead atoms. The molecule has 1 unspecified atom stereocenters. The summed E-state index contributed by atoms with van der Waals surface area (Å²) < 4.78 is 13.9. The quantitative estimate of drug-likeness (QED) is 0.371. The minimum atomic E-state index is -0.928. The van der Waals surface area contributed by atoms with Gasteiger partial charge in [0.2, 0.25) is 11.0 Å². The van der Waals surface area contributed by atoms with Crippen LogP contribution < -0.4 is 16.0 Å². The molecule has 33 heavy (non-hydrogen) atoms. The molecule has 1 heterocycles. The van der Waals surface area contributed by atoms with E-state index in [0.717, 1.165) is 11.1 Å². The fourth-order valence-corrected chi connectivity index (χ4v) is 3.85. The second-order valence-electron chi connectivity index (χ2n) is 7.09. The summed E-state index contributed by atoms with van der Waals surface area (Å²) in [5.74, 6) is -1.03. The van der Waals surface area contributed by atoms with Gasteiger partial charge in [-0.25, -0.2) is 9.18 Å². The van der Waals surface area contributed by atoms with E-state index in [4.69, 9.17) is 0 Å². The van der Waals surface area contributed by atoms with Crippen molar-refractivity contribution in [2.75, 3.05) is 10.6 Å². The van der Waals surface area contributed by atoms with Crippen molar-refractivity contribution in [3.05, 3.63) is 96.3 Å². The molecule has 7 nitrogen and oxygen atoms in total. The molecule has 3 aromatic carbocycles. The number of carbonyl (C=O) groups excluding carboxylic acids is 2. The minimum Gasteiger partial charge on any atom is -0.326 e. The second-order valence-corrected chi connectivity index (χ2v) is 8.07. The molecular formula is C24H20FN5O2S. The molecule has 0 fully saturated rings. The van der Waals surface area contributed by atoms with Crippen molar-refractivity contribution in [2.24, 2.45) is 0 Å². The molecule has 0 saturated heterocycles. The lowest BCUT2D eigenvalue weighted by atomic mass is 10.1. The third-order valence-corrected chi connectivity index (χ3v) is 5.59. The van der Waals surface area contributed by atoms with E-state index in [1.54, 1.807) is 6.07 Å². The molecule has 3 amide bonds. The Bertz CT molecular complexity index is 1230. The van der Waals surface area contributed by atoms with Crippen molar-refractivity contribution in [3.8, 4) is 10.6 Å². The Labute approximate surface area is 193 Å². The highest BCUT2D eigenvalue weighted by Gasteiger charge is 2.23. The molecule has 0 aliphatic heterocycles. The number of nitrogens with one attached hydrogen (secondary N) is 3. The summed E-state index contributed by atoms with van der Waals surface area (Å²) in [4.78, 5) is 25.5. The lowest BCUT2D eigenvalue weighted by Crippen LogP contribution is -2.47. The number of urea groups is 1. The van der Waals surface area contributed by atoms with Crippen LogP contribution in [0.1, 0.15) is 5.56 Å². The van der Waals surface area contributed by atoms with Gasteiger partial charge in [-0.2, -0.15) is 0 Å². The molecule has 9 heteroatoms. The smallest absolute Gasteiger partial charge is 0.319 e. The normalized spacial score (nSPS) is 11.4. The number of carbonyl (C=O) groups is 2. The van der Waals surface area contributed by atoms with Crippen molar-refractivity contribution < 1.29 is 14.0 Å².